The van der Waals surface area contributed by atoms with Gasteiger partial charge >= 0.3 is 0 Å². The predicted octanol–water partition coefficient (Wildman–Crippen LogP) is 0.0714. The fourth-order valence-electron chi connectivity index (χ4n) is 2.62. The Morgan fingerprint density at radius 3 is 2.95 bits per heavy atom. The highest BCUT2D eigenvalue weighted by Gasteiger charge is 2.28. The van der Waals surface area contributed by atoms with Gasteiger partial charge in [-0.2, -0.15) is 5.10 Å². The summed E-state index contributed by atoms with van der Waals surface area (Å²) >= 11 is 0. The van der Waals surface area contributed by atoms with Crippen molar-refractivity contribution in [2.45, 2.75) is 13.2 Å². The van der Waals surface area contributed by atoms with Crippen LogP contribution in [-0.2, 0) is 13.2 Å². The number of nitrogens with two attached hydrogens (primary N) is 1. The highest BCUT2D eigenvalue weighted by molar-refractivity contribution is 6.01. The van der Waals surface area contributed by atoms with Crippen molar-refractivity contribution in [3.8, 4) is 5.75 Å². The molecule has 3 rings (SSSR count). The first-order valence-electron chi connectivity index (χ1n) is 6.38. The van der Waals surface area contributed by atoms with Crippen LogP contribution in [0.3, 0.4) is 0 Å². The van der Waals surface area contributed by atoms with Gasteiger partial charge < -0.3 is 20.4 Å². The standard InChI is InChI=1S/C13H14FN5O2/c1-18-4-5-19-10(13(18)21)11(20)9-8(12(19)17-15)7(6-14)2-3-16-9/h2-3,20H,4-6,15H2,1H3/b17-12-. The molecule has 1 aliphatic heterocycles. The summed E-state index contributed by atoms with van der Waals surface area (Å²) in [5.74, 6) is 4.82. The van der Waals surface area contributed by atoms with Crippen LogP contribution in [0.5, 0.6) is 5.75 Å². The molecule has 0 fully saturated rings. The van der Waals surface area contributed by atoms with E-state index in [1.807, 2.05) is 0 Å². The number of carbonyl (C=O) groups is 1. The number of aromatic nitrogens is 2. The van der Waals surface area contributed by atoms with Crippen LogP contribution in [0, 0.1) is 0 Å². The molecule has 3 heterocycles. The summed E-state index contributed by atoms with van der Waals surface area (Å²) < 4.78 is 14.7. The number of nitrogens with zero attached hydrogens (tertiary/aromatic N) is 4. The third kappa shape index (κ3) is 1.75. The smallest absolute Gasteiger partial charge is 0.274 e. The molecule has 0 aliphatic carbocycles. The molecule has 21 heavy (non-hydrogen) atoms. The Balaban J connectivity index is 2.54. The number of alkyl halides is 1. The van der Waals surface area contributed by atoms with Crippen molar-refractivity contribution in [3.63, 3.8) is 0 Å². The summed E-state index contributed by atoms with van der Waals surface area (Å²) in [6.45, 7) is 0.126. The third-order valence-corrected chi connectivity index (χ3v) is 3.71. The van der Waals surface area contributed by atoms with Gasteiger partial charge in [-0.15, -0.1) is 0 Å². The number of rotatable bonds is 1. The highest BCUT2D eigenvalue weighted by atomic mass is 19.1. The van der Waals surface area contributed by atoms with Gasteiger partial charge in [-0.25, -0.2) is 4.39 Å². The molecule has 110 valence electrons. The monoisotopic (exact) mass is 291 g/mol. The molecular weight excluding hydrogens is 277 g/mol. The Labute approximate surface area is 119 Å². The zero-order valence-electron chi connectivity index (χ0n) is 11.4. The molecule has 0 atom stereocenters. The van der Waals surface area contributed by atoms with E-state index in [2.05, 4.69) is 10.1 Å². The third-order valence-electron chi connectivity index (χ3n) is 3.71. The summed E-state index contributed by atoms with van der Waals surface area (Å²) in [6, 6.07) is 1.50. The number of aromatic hydroxyl groups is 1. The van der Waals surface area contributed by atoms with E-state index in [9.17, 15) is 14.3 Å². The molecule has 0 aromatic carbocycles. The van der Waals surface area contributed by atoms with E-state index in [1.165, 1.54) is 21.7 Å². The van der Waals surface area contributed by atoms with E-state index in [1.54, 1.807) is 7.05 Å². The number of amides is 1. The van der Waals surface area contributed by atoms with E-state index >= 15 is 0 Å². The second-order valence-corrected chi connectivity index (χ2v) is 4.86. The van der Waals surface area contributed by atoms with Gasteiger partial charge in [0.05, 0.1) is 5.39 Å². The second-order valence-electron chi connectivity index (χ2n) is 4.86. The fraction of sp³-hybridized carbons (Fsp3) is 0.308. The molecule has 2 aromatic heterocycles. The van der Waals surface area contributed by atoms with Gasteiger partial charge in [0.2, 0.25) is 0 Å². The Morgan fingerprint density at radius 1 is 1.52 bits per heavy atom. The van der Waals surface area contributed by atoms with E-state index < -0.39 is 6.67 Å². The molecule has 0 unspecified atom stereocenters. The molecule has 1 aliphatic rings. The SMILES string of the molecule is CN1CCn2c(c(O)c3nccc(CF)c3/c2=N/N)C1=O. The molecule has 3 N–H and O–H groups in total. The van der Waals surface area contributed by atoms with Gasteiger partial charge in [-0.1, -0.05) is 0 Å². The summed E-state index contributed by atoms with van der Waals surface area (Å²) in [5, 5.41) is 14.4. The van der Waals surface area contributed by atoms with E-state index in [-0.39, 0.29) is 28.4 Å². The zero-order valence-corrected chi connectivity index (χ0v) is 11.4. The molecule has 0 spiro atoms. The van der Waals surface area contributed by atoms with Gasteiger partial charge in [0, 0.05) is 26.3 Å². The lowest BCUT2D eigenvalue weighted by molar-refractivity contribution is 0.0740. The molecule has 0 radical (unpaired) electrons. The number of hydrogen-bond acceptors (Lipinski definition) is 5. The van der Waals surface area contributed by atoms with Crippen LogP contribution in [0.25, 0.3) is 10.9 Å². The van der Waals surface area contributed by atoms with Crippen molar-refractivity contribution >= 4 is 16.8 Å². The molecule has 2 aromatic rings. The molecular formula is C13H14FN5O2. The van der Waals surface area contributed by atoms with E-state index in [0.29, 0.717) is 24.0 Å². The lowest BCUT2D eigenvalue weighted by Crippen LogP contribution is -2.43. The zero-order chi connectivity index (χ0) is 15.1. The summed E-state index contributed by atoms with van der Waals surface area (Å²) in [5.41, 5.74) is 0.773. The molecule has 0 saturated carbocycles. The lowest BCUT2D eigenvalue weighted by atomic mass is 10.1. The average Bonchev–Trinajstić information content (AvgIpc) is 2.50. The second kappa shape index (κ2) is 4.72. The van der Waals surface area contributed by atoms with Gasteiger partial charge in [-0.3, -0.25) is 9.78 Å². The van der Waals surface area contributed by atoms with Crippen molar-refractivity contribution in [2.24, 2.45) is 10.9 Å². The topological polar surface area (TPSA) is 96.7 Å². The number of halogens is 1. The van der Waals surface area contributed by atoms with Crippen LogP contribution >= 0.6 is 0 Å². The van der Waals surface area contributed by atoms with Crippen molar-refractivity contribution in [1.29, 1.82) is 0 Å². The van der Waals surface area contributed by atoms with Crippen molar-refractivity contribution in [1.82, 2.24) is 14.5 Å². The number of pyridine rings is 2. The molecule has 0 saturated heterocycles. The van der Waals surface area contributed by atoms with Gasteiger partial charge in [0.1, 0.15) is 12.2 Å². The predicted molar refractivity (Wildman–Crippen MR) is 72.9 cm³/mol. The Kier molecular flexibility index (Phi) is 3.00. The van der Waals surface area contributed by atoms with Gasteiger partial charge in [0.15, 0.2) is 16.9 Å². The molecule has 8 heteroatoms. The maximum absolute atomic E-state index is 13.2. The molecule has 7 nitrogen and oxygen atoms in total. The quantitative estimate of drug-likeness (QED) is 0.574. The normalized spacial score (nSPS) is 15.6. The van der Waals surface area contributed by atoms with Crippen LogP contribution in [-0.4, -0.2) is 39.1 Å². The van der Waals surface area contributed by atoms with Crippen molar-refractivity contribution < 1.29 is 14.3 Å². The van der Waals surface area contributed by atoms with E-state index in [4.69, 9.17) is 5.84 Å². The number of carbonyl (C=O) groups excluding carboxylic acids is 1. The molecule has 1 amide bonds. The minimum atomic E-state index is -0.742. The summed E-state index contributed by atoms with van der Waals surface area (Å²) in [4.78, 5) is 17.8. The summed E-state index contributed by atoms with van der Waals surface area (Å²) in [6.07, 6.45) is 1.38. The number of hydrogen-bond donors (Lipinski definition) is 2. The van der Waals surface area contributed by atoms with Crippen LogP contribution in [0.1, 0.15) is 16.1 Å². The van der Waals surface area contributed by atoms with Crippen LogP contribution in [0.15, 0.2) is 17.4 Å². The average molecular weight is 291 g/mol. The van der Waals surface area contributed by atoms with Crippen molar-refractivity contribution in [3.05, 3.63) is 29.0 Å². The first-order chi connectivity index (χ1) is 10.1. The van der Waals surface area contributed by atoms with Crippen LogP contribution in [0.4, 0.5) is 4.39 Å². The summed E-state index contributed by atoms with van der Waals surface area (Å²) in [7, 11) is 1.64. The first kappa shape index (κ1) is 13.3. The highest BCUT2D eigenvalue weighted by Crippen LogP contribution is 2.29. The van der Waals surface area contributed by atoms with Gasteiger partial charge in [-0.05, 0) is 11.6 Å². The molecule has 0 bridgehead atoms. The van der Waals surface area contributed by atoms with E-state index in [0.717, 1.165) is 0 Å². The largest absolute Gasteiger partial charge is 0.504 e. The number of likely N-dealkylation sites (N-methyl/N-ethyl adjacent to an activating group) is 1. The van der Waals surface area contributed by atoms with Crippen LogP contribution in [0.2, 0.25) is 0 Å². The minimum absolute atomic E-state index is 0.0731. The first-order valence-corrected chi connectivity index (χ1v) is 6.38. The Bertz CT molecular complexity index is 814. The van der Waals surface area contributed by atoms with Crippen LogP contribution < -0.4 is 11.3 Å². The minimum Gasteiger partial charge on any atom is -0.504 e. The Hall–Kier alpha value is -2.64. The van der Waals surface area contributed by atoms with Crippen molar-refractivity contribution in [2.75, 3.05) is 13.6 Å². The maximum Gasteiger partial charge on any atom is 0.274 e. The maximum atomic E-state index is 13.2. The van der Waals surface area contributed by atoms with Gasteiger partial charge in [0.25, 0.3) is 5.91 Å². The fourth-order valence-corrected chi connectivity index (χ4v) is 2.62. The number of fused-ring (bicyclic) bond motifs is 2. The Morgan fingerprint density at radius 2 is 2.29 bits per heavy atom. The lowest BCUT2D eigenvalue weighted by Gasteiger charge is -2.28.